The van der Waals surface area contributed by atoms with Crippen LogP contribution in [0.5, 0.6) is 0 Å². The Bertz CT molecular complexity index is 927. The molecule has 0 aliphatic carbocycles. The van der Waals surface area contributed by atoms with Gasteiger partial charge in [-0.2, -0.15) is 6.08 Å². The van der Waals surface area contributed by atoms with Crippen molar-refractivity contribution in [3.63, 3.8) is 0 Å². The van der Waals surface area contributed by atoms with Crippen molar-refractivity contribution >= 4 is 11.9 Å². The Labute approximate surface area is 267 Å². The molecule has 0 bridgehead atoms. The number of rotatable bonds is 13. The van der Waals surface area contributed by atoms with Gasteiger partial charge >= 0.3 is 5.97 Å². The molecule has 0 aromatic carbocycles. The first-order valence-electron chi connectivity index (χ1n) is 13.0. The zero-order chi connectivity index (χ0) is 32.7. The summed E-state index contributed by atoms with van der Waals surface area (Å²) >= 11 is 0. The van der Waals surface area contributed by atoms with Crippen LogP contribution >= 0.6 is 0 Å². The molecule has 3 unspecified atom stereocenters. The van der Waals surface area contributed by atoms with E-state index in [2.05, 4.69) is 23.2 Å². The van der Waals surface area contributed by atoms with E-state index in [-0.39, 0.29) is 53.3 Å². The largest absolute Gasteiger partial charge is 0.519 e. The van der Waals surface area contributed by atoms with Crippen LogP contribution in [0.2, 0.25) is 0 Å². The van der Waals surface area contributed by atoms with Gasteiger partial charge in [-0.05, 0) is 34.9 Å². The fraction of sp³-hybridized carbons (Fsp3) is 0.586. The monoisotopic (exact) mass is 658 g/mol. The molecule has 0 aromatic rings. The molecule has 13 nitrogen and oxygen atoms in total. The van der Waals surface area contributed by atoms with Crippen LogP contribution in [0.4, 0.5) is 0 Å². The third kappa shape index (κ3) is 26.5. The summed E-state index contributed by atoms with van der Waals surface area (Å²) in [5.41, 5.74) is 1.10. The van der Waals surface area contributed by atoms with Crippen molar-refractivity contribution in [3.8, 4) is 11.8 Å². The molecular formula is C29H52FeN3O10-. The maximum atomic E-state index is 11.0. The second kappa shape index (κ2) is 29.2. The summed E-state index contributed by atoms with van der Waals surface area (Å²) in [6.07, 6.45) is -0.0901. The zero-order valence-electron chi connectivity index (χ0n) is 26.7. The molecule has 4 atom stereocenters. The number of carbonyl (C=O) groups excluding carboxylic acids is 1. The zero-order valence-corrected chi connectivity index (χ0v) is 27.8. The van der Waals surface area contributed by atoms with E-state index >= 15 is 0 Å². The van der Waals surface area contributed by atoms with Gasteiger partial charge in [0.05, 0.1) is 13.2 Å². The number of likely N-dealkylation sites (N-methyl/N-ethyl adjacent to an activating group) is 1. The fourth-order valence-electron chi connectivity index (χ4n) is 1.99. The molecule has 0 saturated heterocycles. The molecule has 43 heavy (non-hydrogen) atoms. The average Bonchev–Trinajstić information content (AvgIpc) is 2.91. The number of allylic oxidation sites excluding steroid dienone is 3. The van der Waals surface area contributed by atoms with Gasteiger partial charge in [0, 0.05) is 49.5 Å². The Balaban J connectivity index is -0.000000164. The fourth-order valence-corrected chi connectivity index (χ4v) is 1.99. The van der Waals surface area contributed by atoms with Gasteiger partial charge in [-0.25, -0.2) is 10.4 Å². The Morgan fingerprint density at radius 2 is 1.47 bits per heavy atom. The molecular weight excluding hydrogens is 606 g/mol. The Morgan fingerprint density at radius 3 is 1.86 bits per heavy atom. The number of nitrogens with one attached hydrogen (secondary N) is 1. The SMILES string of the molecule is C=C(/C=C(\O)C(=N)OCC)N(C)C.CCOC(O)C(O)C#CC(O)N(C)C.O.[CH-]=C(C=C(O)C(=O)OCC)[C@@H](C)CC.[Fe]. The van der Waals surface area contributed by atoms with Crippen LogP contribution in [-0.2, 0) is 36.1 Å². The number of hydrogen-bond acceptors (Lipinski definition) is 12. The van der Waals surface area contributed by atoms with Crippen molar-refractivity contribution in [2.45, 2.75) is 59.7 Å². The molecule has 0 amide bonds. The molecule has 14 heteroatoms. The van der Waals surface area contributed by atoms with E-state index in [1.165, 1.54) is 17.1 Å². The molecule has 0 fully saturated rings. The van der Waals surface area contributed by atoms with Gasteiger partial charge in [0.25, 0.3) is 0 Å². The molecule has 0 aliphatic heterocycles. The molecule has 0 saturated carbocycles. The van der Waals surface area contributed by atoms with E-state index < -0.39 is 30.4 Å². The Kier molecular flexibility index (Phi) is 33.8. The van der Waals surface area contributed by atoms with E-state index in [1.807, 2.05) is 13.8 Å². The van der Waals surface area contributed by atoms with Crippen LogP contribution in [0.1, 0.15) is 41.0 Å². The van der Waals surface area contributed by atoms with Crippen LogP contribution in [-0.4, -0.2) is 119 Å². The van der Waals surface area contributed by atoms with Gasteiger partial charge in [-0.15, -0.1) is 0 Å². The minimum absolute atomic E-state index is 0. The van der Waals surface area contributed by atoms with E-state index in [0.29, 0.717) is 17.9 Å². The second-order valence-corrected chi connectivity index (χ2v) is 8.65. The van der Waals surface area contributed by atoms with Gasteiger partial charge < -0.3 is 50.1 Å². The molecule has 252 valence electrons. The standard InChI is InChI=1S/C11H17O3.C9H16N2O2.C9H17NO4.Fe.H2O/c1-5-8(3)9(4)7-10(12)11(13)14-6-2;1-5-13-9(10)8(12)6-7(2)11(3)4;1-4-14-9(13)7(11)5-6-8(12)10(2)3;;/h4,7-8,12H,5-6H2,1-3H3;6,10,12H,2,5H2,1,3-4H3;7-9,11-13H,4H2,1-3H3;;1H2/q-1;;;;/b;8-6-,10-9?;;;/t8-;;;;/m0..../s1. The molecule has 0 aromatic heterocycles. The summed E-state index contributed by atoms with van der Waals surface area (Å²) in [7, 11) is 6.89. The Hall–Kier alpha value is -2.86. The number of aliphatic hydroxyl groups excluding tert-OH is 5. The van der Waals surface area contributed by atoms with Gasteiger partial charge in [0.15, 0.2) is 24.4 Å². The third-order valence-electron chi connectivity index (χ3n) is 4.83. The number of aliphatic hydroxyl groups is 5. The number of nitrogens with zero attached hydrogens (tertiary/aromatic N) is 2. The first-order valence-corrected chi connectivity index (χ1v) is 13.0. The summed E-state index contributed by atoms with van der Waals surface area (Å²) in [5, 5.41) is 53.3. The first-order chi connectivity index (χ1) is 19.0. The summed E-state index contributed by atoms with van der Waals surface area (Å²) in [4.78, 5) is 14.2. The van der Waals surface area contributed by atoms with E-state index in [0.717, 1.165) is 6.42 Å². The van der Waals surface area contributed by atoms with Gasteiger partial charge in [0.2, 0.25) is 5.90 Å². The number of esters is 1. The maximum Gasteiger partial charge on any atom is 0.354 e. The second-order valence-electron chi connectivity index (χ2n) is 8.65. The van der Waals surface area contributed by atoms with Gasteiger partial charge in [-0.1, -0.05) is 44.6 Å². The first kappa shape index (κ1) is 49.8. The molecule has 0 heterocycles. The van der Waals surface area contributed by atoms with Gasteiger partial charge in [0.1, 0.15) is 5.76 Å². The van der Waals surface area contributed by atoms with Crippen LogP contribution < -0.4 is 0 Å². The average molecular weight is 659 g/mol. The Morgan fingerprint density at radius 1 is 0.953 bits per heavy atom. The van der Waals surface area contributed by atoms with Crippen molar-refractivity contribution in [2.24, 2.45) is 5.92 Å². The predicted octanol–water partition coefficient (Wildman–Crippen LogP) is 1.67. The van der Waals surface area contributed by atoms with E-state index in [4.69, 9.17) is 26.6 Å². The molecule has 0 spiro atoms. The number of carbonyl (C=O) groups is 1. The van der Waals surface area contributed by atoms with Crippen LogP contribution in [0, 0.1) is 29.7 Å². The van der Waals surface area contributed by atoms with Crippen molar-refractivity contribution in [1.29, 1.82) is 5.41 Å². The van der Waals surface area contributed by atoms with Crippen molar-refractivity contribution in [3.05, 3.63) is 48.1 Å². The smallest absolute Gasteiger partial charge is 0.354 e. The molecule has 0 radical (unpaired) electrons. The number of hydrogen-bond donors (Lipinski definition) is 6. The predicted molar refractivity (Wildman–Crippen MR) is 162 cm³/mol. The molecule has 0 rings (SSSR count). The maximum absolute atomic E-state index is 11.0. The van der Waals surface area contributed by atoms with Gasteiger partial charge in [-0.3, -0.25) is 16.9 Å². The summed E-state index contributed by atoms with van der Waals surface area (Å²) in [5.74, 6) is 3.18. The topological polar surface area (TPSA) is 208 Å². The minimum atomic E-state index is -1.33. The van der Waals surface area contributed by atoms with Crippen LogP contribution in [0.25, 0.3) is 0 Å². The van der Waals surface area contributed by atoms with Crippen molar-refractivity contribution in [2.75, 3.05) is 48.0 Å². The van der Waals surface area contributed by atoms with Crippen molar-refractivity contribution < 1.29 is 67.1 Å². The normalized spacial score (nSPS) is 13.2. The summed E-state index contributed by atoms with van der Waals surface area (Å²) in [6, 6.07) is 0. The van der Waals surface area contributed by atoms with Crippen LogP contribution in [0.15, 0.2) is 41.5 Å². The van der Waals surface area contributed by atoms with Crippen molar-refractivity contribution in [1.82, 2.24) is 9.80 Å². The van der Waals surface area contributed by atoms with E-state index in [1.54, 1.807) is 53.9 Å². The number of ether oxygens (including phenoxy) is 3. The quantitative estimate of drug-likeness (QED) is 0.0160. The minimum Gasteiger partial charge on any atom is -0.519 e. The molecule has 8 N–H and O–H groups in total. The molecule has 0 aliphatic rings. The third-order valence-corrected chi connectivity index (χ3v) is 4.83. The summed E-state index contributed by atoms with van der Waals surface area (Å²) < 4.78 is 14.1. The summed E-state index contributed by atoms with van der Waals surface area (Å²) in [6.45, 7) is 19.2. The van der Waals surface area contributed by atoms with E-state index in [9.17, 15) is 25.2 Å². The van der Waals surface area contributed by atoms with Crippen LogP contribution in [0.3, 0.4) is 0 Å².